The molecule has 6 heteroatoms. The number of thiophene rings is 1. The van der Waals surface area contributed by atoms with E-state index in [0.717, 1.165) is 36.8 Å². The topological polar surface area (TPSA) is 85.9 Å². The standard InChI is InChI=1S/C20H17N3O2S/c1-25-15-8-6-13(7-9-15)10-14(11-21)19(24)23-20-17(12-22)16-4-2-3-5-18(16)26-20/h6-10H,2-5H2,1H3,(H,23,24)/b14-10+. The van der Waals surface area contributed by atoms with Crippen molar-refractivity contribution in [1.29, 1.82) is 10.5 Å². The first-order chi connectivity index (χ1) is 12.7. The van der Waals surface area contributed by atoms with Crippen LogP contribution in [-0.4, -0.2) is 13.0 Å². The third-order valence-electron chi connectivity index (χ3n) is 4.30. The zero-order chi connectivity index (χ0) is 18.5. The van der Waals surface area contributed by atoms with Gasteiger partial charge in [0.05, 0.1) is 12.7 Å². The monoisotopic (exact) mass is 363 g/mol. The molecule has 26 heavy (non-hydrogen) atoms. The molecule has 0 spiro atoms. The number of carbonyl (C=O) groups excluding carboxylic acids is 1. The molecule has 1 aliphatic rings. The van der Waals surface area contributed by atoms with Crippen molar-refractivity contribution in [3.8, 4) is 17.9 Å². The van der Waals surface area contributed by atoms with Crippen molar-refractivity contribution in [1.82, 2.24) is 0 Å². The van der Waals surface area contributed by atoms with Crippen LogP contribution >= 0.6 is 11.3 Å². The maximum absolute atomic E-state index is 12.5. The van der Waals surface area contributed by atoms with Crippen LogP contribution in [0.15, 0.2) is 29.8 Å². The third kappa shape index (κ3) is 3.61. The highest BCUT2D eigenvalue weighted by molar-refractivity contribution is 7.16. The van der Waals surface area contributed by atoms with Gasteiger partial charge in [0.2, 0.25) is 0 Å². The maximum Gasteiger partial charge on any atom is 0.266 e. The Kier molecular flexibility index (Phi) is 5.36. The van der Waals surface area contributed by atoms with E-state index in [1.165, 1.54) is 22.3 Å². The number of fused-ring (bicyclic) bond motifs is 1. The lowest BCUT2D eigenvalue weighted by Gasteiger charge is -2.09. The van der Waals surface area contributed by atoms with Crippen LogP contribution in [0, 0.1) is 22.7 Å². The molecular formula is C20H17N3O2S. The second kappa shape index (κ2) is 7.86. The molecule has 1 aromatic heterocycles. The molecule has 1 N–H and O–H groups in total. The lowest BCUT2D eigenvalue weighted by atomic mass is 9.96. The summed E-state index contributed by atoms with van der Waals surface area (Å²) in [7, 11) is 1.58. The van der Waals surface area contributed by atoms with Crippen molar-refractivity contribution in [3.05, 3.63) is 51.4 Å². The SMILES string of the molecule is COc1ccc(/C=C(\C#N)C(=O)Nc2sc3c(c2C#N)CCCC3)cc1. The number of rotatable bonds is 4. The molecule has 0 saturated heterocycles. The van der Waals surface area contributed by atoms with Gasteiger partial charge in [-0.15, -0.1) is 11.3 Å². The van der Waals surface area contributed by atoms with Crippen LogP contribution in [-0.2, 0) is 17.6 Å². The van der Waals surface area contributed by atoms with Gasteiger partial charge in [0.1, 0.15) is 28.5 Å². The van der Waals surface area contributed by atoms with Gasteiger partial charge in [-0.05, 0) is 55.0 Å². The van der Waals surface area contributed by atoms with E-state index >= 15 is 0 Å². The molecule has 130 valence electrons. The highest BCUT2D eigenvalue weighted by Gasteiger charge is 2.22. The first kappa shape index (κ1) is 17.7. The molecule has 1 heterocycles. The van der Waals surface area contributed by atoms with Crippen LogP contribution < -0.4 is 10.1 Å². The summed E-state index contributed by atoms with van der Waals surface area (Å²) < 4.78 is 5.10. The van der Waals surface area contributed by atoms with Gasteiger partial charge in [-0.25, -0.2) is 0 Å². The second-order valence-electron chi connectivity index (χ2n) is 5.92. The van der Waals surface area contributed by atoms with E-state index < -0.39 is 5.91 Å². The second-order valence-corrected chi connectivity index (χ2v) is 7.03. The van der Waals surface area contributed by atoms with Crippen LogP contribution in [0.25, 0.3) is 6.08 Å². The van der Waals surface area contributed by atoms with Crippen LogP contribution in [0.5, 0.6) is 5.75 Å². The molecule has 1 amide bonds. The average Bonchev–Trinajstić information content (AvgIpc) is 3.03. The lowest BCUT2D eigenvalue weighted by Crippen LogP contribution is -2.13. The summed E-state index contributed by atoms with van der Waals surface area (Å²) in [5, 5.41) is 22.1. The van der Waals surface area contributed by atoms with Crippen molar-refractivity contribution >= 4 is 28.3 Å². The first-order valence-corrected chi connectivity index (χ1v) is 9.09. The summed E-state index contributed by atoms with van der Waals surface area (Å²) in [5.41, 5.74) is 2.31. The summed E-state index contributed by atoms with van der Waals surface area (Å²) >= 11 is 1.45. The van der Waals surface area contributed by atoms with Crippen LogP contribution in [0.4, 0.5) is 5.00 Å². The van der Waals surface area contributed by atoms with Crippen LogP contribution in [0.1, 0.15) is 34.4 Å². The van der Waals surface area contributed by atoms with E-state index in [1.807, 2.05) is 6.07 Å². The van der Waals surface area contributed by atoms with E-state index in [4.69, 9.17) is 4.74 Å². The smallest absolute Gasteiger partial charge is 0.266 e. The van der Waals surface area contributed by atoms with E-state index in [9.17, 15) is 15.3 Å². The highest BCUT2D eigenvalue weighted by atomic mass is 32.1. The number of nitriles is 2. The van der Waals surface area contributed by atoms with E-state index in [0.29, 0.717) is 16.3 Å². The van der Waals surface area contributed by atoms with Crippen molar-refractivity contribution in [2.24, 2.45) is 0 Å². The fourth-order valence-electron chi connectivity index (χ4n) is 2.96. The molecule has 5 nitrogen and oxygen atoms in total. The lowest BCUT2D eigenvalue weighted by molar-refractivity contribution is -0.112. The van der Waals surface area contributed by atoms with Crippen molar-refractivity contribution in [3.63, 3.8) is 0 Å². The summed E-state index contributed by atoms with van der Waals surface area (Å²) in [6, 6.07) is 11.2. The van der Waals surface area contributed by atoms with Gasteiger partial charge >= 0.3 is 0 Å². The molecule has 0 fully saturated rings. The van der Waals surface area contributed by atoms with Crippen molar-refractivity contribution < 1.29 is 9.53 Å². The molecular weight excluding hydrogens is 346 g/mol. The van der Waals surface area contributed by atoms with Gasteiger partial charge in [-0.1, -0.05) is 12.1 Å². The van der Waals surface area contributed by atoms with Gasteiger partial charge in [0.15, 0.2) is 0 Å². The Morgan fingerprint density at radius 2 is 1.96 bits per heavy atom. The molecule has 0 unspecified atom stereocenters. The first-order valence-electron chi connectivity index (χ1n) is 8.28. The van der Waals surface area contributed by atoms with E-state index in [2.05, 4.69) is 11.4 Å². The zero-order valence-electron chi connectivity index (χ0n) is 14.3. The number of anilines is 1. The van der Waals surface area contributed by atoms with E-state index in [1.54, 1.807) is 31.4 Å². The zero-order valence-corrected chi connectivity index (χ0v) is 15.2. The number of benzene rings is 1. The molecule has 3 rings (SSSR count). The number of hydrogen-bond donors (Lipinski definition) is 1. The number of carbonyl (C=O) groups is 1. The maximum atomic E-state index is 12.5. The Balaban J connectivity index is 1.84. The number of methoxy groups -OCH3 is 1. The third-order valence-corrected chi connectivity index (χ3v) is 5.51. The number of amides is 1. The van der Waals surface area contributed by atoms with Gasteiger partial charge in [-0.2, -0.15) is 10.5 Å². The van der Waals surface area contributed by atoms with Crippen molar-refractivity contribution in [2.75, 3.05) is 12.4 Å². The summed E-state index contributed by atoms with van der Waals surface area (Å²) in [6.07, 6.45) is 5.50. The number of nitrogens with one attached hydrogen (secondary N) is 1. The number of hydrogen-bond acceptors (Lipinski definition) is 5. The van der Waals surface area contributed by atoms with Crippen molar-refractivity contribution in [2.45, 2.75) is 25.7 Å². The fraction of sp³-hybridized carbons (Fsp3) is 0.250. The molecule has 2 aromatic rings. The van der Waals surface area contributed by atoms with Gasteiger partial charge < -0.3 is 10.1 Å². The molecule has 1 aliphatic carbocycles. The molecule has 0 atom stereocenters. The normalized spacial score (nSPS) is 13.3. The minimum absolute atomic E-state index is 0.00886. The Hall–Kier alpha value is -3.09. The predicted octanol–water partition coefficient (Wildman–Crippen LogP) is 4.05. The van der Waals surface area contributed by atoms with Gasteiger partial charge in [-0.3, -0.25) is 4.79 Å². The van der Waals surface area contributed by atoms with Crippen LogP contribution in [0.3, 0.4) is 0 Å². The number of aryl methyl sites for hydroxylation is 1. The Morgan fingerprint density at radius 3 is 2.62 bits per heavy atom. The number of nitrogens with zero attached hydrogens (tertiary/aromatic N) is 2. The molecule has 0 saturated carbocycles. The summed E-state index contributed by atoms with van der Waals surface area (Å²) in [5.74, 6) is 0.200. The fourth-order valence-corrected chi connectivity index (χ4v) is 4.19. The highest BCUT2D eigenvalue weighted by Crippen LogP contribution is 2.37. The van der Waals surface area contributed by atoms with E-state index in [-0.39, 0.29) is 5.57 Å². The van der Waals surface area contributed by atoms with Gasteiger partial charge in [0.25, 0.3) is 5.91 Å². The quantitative estimate of drug-likeness (QED) is 0.656. The Labute approximate surface area is 156 Å². The van der Waals surface area contributed by atoms with Gasteiger partial charge in [0, 0.05) is 4.88 Å². The molecule has 1 aromatic carbocycles. The molecule has 0 bridgehead atoms. The summed E-state index contributed by atoms with van der Waals surface area (Å²) in [4.78, 5) is 13.7. The number of ether oxygens (including phenoxy) is 1. The average molecular weight is 363 g/mol. The minimum Gasteiger partial charge on any atom is -0.497 e. The minimum atomic E-state index is -0.501. The Bertz CT molecular complexity index is 943. The Morgan fingerprint density at radius 1 is 1.23 bits per heavy atom. The predicted molar refractivity (Wildman–Crippen MR) is 101 cm³/mol. The largest absolute Gasteiger partial charge is 0.497 e. The molecule has 0 radical (unpaired) electrons. The van der Waals surface area contributed by atoms with Crippen LogP contribution in [0.2, 0.25) is 0 Å². The summed E-state index contributed by atoms with van der Waals surface area (Å²) in [6.45, 7) is 0. The molecule has 0 aliphatic heterocycles.